The molecule has 7 nitrogen and oxygen atoms in total. The van der Waals surface area contributed by atoms with E-state index < -0.39 is 5.95 Å². The van der Waals surface area contributed by atoms with E-state index in [4.69, 9.17) is 10.5 Å². The third-order valence-electron chi connectivity index (χ3n) is 5.49. The molecular formula is C23H20FN5O2. The van der Waals surface area contributed by atoms with Crippen molar-refractivity contribution in [1.82, 2.24) is 15.0 Å². The standard InChI is InChI=1S/C23H20FN5O2/c24-21-17(14-1-3-16(4-2-14)29-7-9-31-10-8-29)12-18(22(25)28-21)20-11-15-5-6-26-23(30)19(15)13-27-20/h1-6,11-13H,7-10H2,(H2,25,28)(H,26,30). The molecule has 4 heterocycles. The van der Waals surface area contributed by atoms with Crippen LogP contribution in [0.3, 0.4) is 0 Å². The van der Waals surface area contributed by atoms with Gasteiger partial charge in [-0.1, -0.05) is 12.1 Å². The minimum Gasteiger partial charge on any atom is -0.383 e. The minimum atomic E-state index is -0.641. The Hall–Kier alpha value is -3.78. The van der Waals surface area contributed by atoms with Gasteiger partial charge >= 0.3 is 0 Å². The van der Waals surface area contributed by atoms with Gasteiger partial charge < -0.3 is 20.4 Å². The molecule has 0 atom stereocenters. The highest BCUT2D eigenvalue weighted by Gasteiger charge is 2.16. The fourth-order valence-electron chi connectivity index (χ4n) is 3.82. The summed E-state index contributed by atoms with van der Waals surface area (Å²) >= 11 is 0. The number of benzene rings is 1. The number of hydrogen-bond acceptors (Lipinski definition) is 6. The third-order valence-corrected chi connectivity index (χ3v) is 5.49. The fraction of sp³-hybridized carbons (Fsp3) is 0.174. The first-order valence-corrected chi connectivity index (χ1v) is 9.97. The van der Waals surface area contributed by atoms with Gasteiger partial charge in [0.15, 0.2) is 0 Å². The first-order chi connectivity index (χ1) is 15.1. The predicted molar refractivity (Wildman–Crippen MR) is 118 cm³/mol. The van der Waals surface area contributed by atoms with Gasteiger partial charge in [0.05, 0.1) is 24.3 Å². The number of aromatic amines is 1. The van der Waals surface area contributed by atoms with Crippen molar-refractivity contribution in [2.75, 3.05) is 36.9 Å². The third kappa shape index (κ3) is 3.62. The molecule has 0 spiro atoms. The smallest absolute Gasteiger partial charge is 0.257 e. The van der Waals surface area contributed by atoms with Crippen LogP contribution in [0.2, 0.25) is 0 Å². The maximum Gasteiger partial charge on any atom is 0.257 e. The van der Waals surface area contributed by atoms with Gasteiger partial charge in [-0.25, -0.2) is 4.98 Å². The summed E-state index contributed by atoms with van der Waals surface area (Å²) in [5.41, 5.74) is 8.93. The molecule has 8 heteroatoms. The number of nitrogens with one attached hydrogen (secondary N) is 1. The van der Waals surface area contributed by atoms with E-state index in [-0.39, 0.29) is 11.4 Å². The molecule has 3 aromatic heterocycles. The number of anilines is 2. The number of nitrogen functional groups attached to an aromatic ring is 1. The largest absolute Gasteiger partial charge is 0.383 e. The number of rotatable bonds is 3. The van der Waals surface area contributed by atoms with Crippen LogP contribution in [0.15, 0.2) is 59.7 Å². The second kappa shape index (κ2) is 7.81. The summed E-state index contributed by atoms with van der Waals surface area (Å²) in [6, 6.07) is 12.9. The van der Waals surface area contributed by atoms with E-state index in [2.05, 4.69) is 19.9 Å². The lowest BCUT2D eigenvalue weighted by Gasteiger charge is -2.28. The lowest BCUT2D eigenvalue weighted by atomic mass is 10.0. The zero-order valence-electron chi connectivity index (χ0n) is 16.6. The zero-order chi connectivity index (χ0) is 21.4. The summed E-state index contributed by atoms with van der Waals surface area (Å²) in [5.74, 6) is -0.597. The van der Waals surface area contributed by atoms with Crippen LogP contribution in [0.25, 0.3) is 33.2 Å². The Labute approximate surface area is 177 Å². The molecular weight excluding hydrogens is 397 g/mol. The highest BCUT2D eigenvalue weighted by molar-refractivity contribution is 5.87. The molecule has 156 valence electrons. The van der Waals surface area contributed by atoms with E-state index in [1.54, 1.807) is 24.4 Å². The van der Waals surface area contributed by atoms with Crippen LogP contribution in [-0.4, -0.2) is 41.3 Å². The van der Waals surface area contributed by atoms with Crippen molar-refractivity contribution in [3.8, 4) is 22.4 Å². The number of aromatic nitrogens is 3. The number of nitrogens with two attached hydrogens (primary N) is 1. The van der Waals surface area contributed by atoms with Crippen molar-refractivity contribution in [3.05, 3.63) is 71.2 Å². The van der Waals surface area contributed by atoms with Gasteiger partial charge in [0.1, 0.15) is 5.82 Å². The number of H-pyrrole nitrogens is 1. The van der Waals surface area contributed by atoms with Crippen molar-refractivity contribution in [2.24, 2.45) is 0 Å². The minimum absolute atomic E-state index is 0.0443. The van der Waals surface area contributed by atoms with Crippen molar-refractivity contribution >= 4 is 22.3 Å². The summed E-state index contributed by atoms with van der Waals surface area (Å²) in [5, 5.41) is 1.19. The van der Waals surface area contributed by atoms with E-state index in [0.29, 0.717) is 46.4 Å². The number of fused-ring (bicyclic) bond motifs is 1. The van der Waals surface area contributed by atoms with Crippen LogP contribution in [0.1, 0.15) is 0 Å². The van der Waals surface area contributed by atoms with Crippen LogP contribution in [0.5, 0.6) is 0 Å². The molecule has 1 aromatic carbocycles. The Morgan fingerprint density at radius 1 is 1.06 bits per heavy atom. The fourth-order valence-corrected chi connectivity index (χ4v) is 3.82. The lowest BCUT2D eigenvalue weighted by Crippen LogP contribution is -2.36. The van der Waals surface area contributed by atoms with Gasteiger partial charge in [0.25, 0.3) is 5.56 Å². The Kier molecular flexibility index (Phi) is 4.83. The molecule has 1 aliphatic heterocycles. The molecule has 3 N–H and O–H groups in total. The molecule has 5 rings (SSSR count). The average Bonchev–Trinajstić information content (AvgIpc) is 2.80. The van der Waals surface area contributed by atoms with Crippen LogP contribution in [0, 0.1) is 5.95 Å². The molecule has 0 amide bonds. The van der Waals surface area contributed by atoms with E-state index in [0.717, 1.165) is 18.8 Å². The van der Waals surface area contributed by atoms with E-state index in [1.165, 1.54) is 6.20 Å². The van der Waals surface area contributed by atoms with Crippen LogP contribution >= 0.6 is 0 Å². The maximum absolute atomic E-state index is 14.7. The monoisotopic (exact) mass is 417 g/mol. The van der Waals surface area contributed by atoms with Gasteiger partial charge in [0, 0.05) is 42.3 Å². The van der Waals surface area contributed by atoms with Gasteiger partial charge in [0.2, 0.25) is 5.95 Å². The van der Waals surface area contributed by atoms with Crippen molar-refractivity contribution in [2.45, 2.75) is 0 Å². The normalized spacial score (nSPS) is 14.2. The molecule has 4 aromatic rings. The molecule has 1 fully saturated rings. The highest BCUT2D eigenvalue weighted by atomic mass is 19.1. The Bertz CT molecular complexity index is 1310. The molecule has 0 aliphatic carbocycles. The highest BCUT2D eigenvalue weighted by Crippen LogP contribution is 2.32. The molecule has 31 heavy (non-hydrogen) atoms. The summed E-state index contributed by atoms with van der Waals surface area (Å²) in [6.45, 7) is 3.06. The second-order valence-electron chi connectivity index (χ2n) is 7.37. The van der Waals surface area contributed by atoms with Crippen LogP contribution in [0.4, 0.5) is 15.9 Å². The quantitative estimate of drug-likeness (QED) is 0.497. The molecule has 1 saturated heterocycles. The second-order valence-corrected chi connectivity index (χ2v) is 7.37. The van der Waals surface area contributed by atoms with Crippen LogP contribution in [-0.2, 0) is 4.74 Å². The summed E-state index contributed by atoms with van der Waals surface area (Å²) in [4.78, 5) is 25.0. The topological polar surface area (TPSA) is 97.1 Å². The Morgan fingerprint density at radius 2 is 1.84 bits per heavy atom. The van der Waals surface area contributed by atoms with Gasteiger partial charge in [-0.05, 0) is 41.3 Å². The predicted octanol–water partition coefficient (Wildman–Crippen LogP) is 3.21. The average molecular weight is 417 g/mol. The number of halogens is 1. The van der Waals surface area contributed by atoms with Gasteiger partial charge in [-0.15, -0.1) is 0 Å². The molecule has 0 radical (unpaired) electrons. The Morgan fingerprint density at radius 3 is 2.61 bits per heavy atom. The molecule has 0 bridgehead atoms. The number of hydrogen-bond donors (Lipinski definition) is 2. The first-order valence-electron chi connectivity index (χ1n) is 9.97. The zero-order valence-corrected chi connectivity index (χ0v) is 16.6. The SMILES string of the molecule is Nc1nc(F)c(-c2ccc(N3CCOCC3)cc2)cc1-c1cc2cc[nH]c(=O)c2cn1. The maximum atomic E-state index is 14.7. The van der Waals surface area contributed by atoms with Crippen molar-refractivity contribution in [3.63, 3.8) is 0 Å². The van der Waals surface area contributed by atoms with Crippen molar-refractivity contribution in [1.29, 1.82) is 0 Å². The summed E-state index contributed by atoms with van der Waals surface area (Å²) < 4.78 is 20.1. The molecule has 0 unspecified atom stereocenters. The number of ether oxygens (including phenoxy) is 1. The number of pyridine rings is 3. The molecule has 0 saturated carbocycles. The first kappa shape index (κ1) is 19.2. The van der Waals surface area contributed by atoms with Crippen molar-refractivity contribution < 1.29 is 9.13 Å². The Balaban J connectivity index is 1.54. The summed E-state index contributed by atoms with van der Waals surface area (Å²) in [6.07, 6.45) is 3.06. The number of morpholine rings is 1. The number of nitrogens with zero attached hydrogens (tertiary/aromatic N) is 3. The van der Waals surface area contributed by atoms with Crippen LogP contribution < -0.4 is 16.2 Å². The van der Waals surface area contributed by atoms with E-state index in [9.17, 15) is 9.18 Å². The van der Waals surface area contributed by atoms with E-state index >= 15 is 0 Å². The lowest BCUT2D eigenvalue weighted by molar-refractivity contribution is 0.122. The molecule has 1 aliphatic rings. The van der Waals surface area contributed by atoms with Gasteiger partial charge in [-0.2, -0.15) is 4.39 Å². The van der Waals surface area contributed by atoms with E-state index in [1.807, 2.05) is 24.3 Å². The van der Waals surface area contributed by atoms with Gasteiger partial charge in [-0.3, -0.25) is 9.78 Å². The summed E-state index contributed by atoms with van der Waals surface area (Å²) in [7, 11) is 0.